The summed E-state index contributed by atoms with van der Waals surface area (Å²) in [7, 11) is 0. The van der Waals surface area contributed by atoms with E-state index in [0.717, 1.165) is 13.0 Å². The summed E-state index contributed by atoms with van der Waals surface area (Å²) in [6.07, 6.45) is 6.99. The van der Waals surface area contributed by atoms with E-state index in [9.17, 15) is 0 Å². The Morgan fingerprint density at radius 2 is 1.80 bits per heavy atom. The fourth-order valence-corrected chi connectivity index (χ4v) is 0.363. The van der Waals surface area contributed by atoms with Gasteiger partial charge in [0.25, 0.3) is 0 Å². The standard InChI is InChI=1S/C7H13N.C2H6/c1-3-5-6-7-8-4-2;1-2/h5-7H,3-4H2,1-2H3;1-2H3/b6-5-,8-7?;. The molecular weight excluding hydrogens is 122 g/mol. The van der Waals surface area contributed by atoms with Gasteiger partial charge in [-0.1, -0.05) is 26.8 Å². The molecule has 0 bridgehead atoms. The summed E-state index contributed by atoms with van der Waals surface area (Å²) in [5.74, 6) is 0. The third-order valence-corrected chi connectivity index (χ3v) is 0.746. The average molecular weight is 141 g/mol. The maximum Gasteiger partial charge on any atom is 0.0360 e. The van der Waals surface area contributed by atoms with Crippen LogP contribution in [0.15, 0.2) is 17.1 Å². The van der Waals surface area contributed by atoms with Gasteiger partial charge >= 0.3 is 0 Å². The first-order valence-electron chi connectivity index (χ1n) is 4.06. The highest BCUT2D eigenvalue weighted by atomic mass is 14.7. The SMILES string of the molecule is CC.CC/C=C\C=NCC. The highest BCUT2D eigenvalue weighted by Gasteiger charge is 1.61. The van der Waals surface area contributed by atoms with E-state index < -0.39 is 0 Å². The fourth-order valence-electron chi connectivity index (χ4n) is 0.363. The lowest BCUT2D eigenvalue weighted by molar-refractivity contribution is 1.14. The molecule has 0 aromatic heterocycles. The summed E-state index contributed by atoms with van der Waals surface area (Å²) in [5, 5.41) is 0. The predicted molar refractivity (Wildman–Crippen MR) is 49.8 cm³/mol. The third-order valence-electron chi connectivity index (χ3n) is 0.746. The Morgan fingerprint density at radius 1 is 1.20 bits per heavy atom. The van der Waals surface area contributed by atoms with Crippen LogP contribution in [0.1, 0.15) is 34.1 Å². The molecule has 0 saturated carbocycles. The smallest absolute Gasteiger partial charge is 0.0360 e. The Morgan fingerprint density at radius 3 is 2.20 bits per heavy atom. The van der Waals surface area contributed by atoms with Crippen LogP contribution in [0.3, 0.4) is 0 Å². The summed E-state index contributed by atoms with van der Waals surface area (Å²) in [6.45, 7) is 9.01. The first kappa shape index (κ1) is 12.1. The molecule has 1 nitrogen and oxygen atoms in total. The van der Waals surface area contributed by atoms with Crippen molar-refractivity contribution in [1.29, 1.82) is 0 Å². The molecule has 0 N–H and O–H groups in total. The first-order valence-corrected chi connectivity index (χ1v) is 4.06. The van der Waals surface area contributed by atoms with Crippen molar-refractivity contribution in [2.75, 3.05) is 6.54 Å². The summed E-state index contributed by atoms with van der Waals surface area (Å²) in [4.78, 5) is 4.00. The maximum atomic E-state index is 4.00. The maximum absolute atomic E-state index is 4.00. The van der Waals surface area contributed by atoms with Crippen LogP contribution < -0.4 is 0 Å². The molecule has 0 fully saturated rings. The molecule has 10 heavy (non-hydrogen) atoms. The highest BCUT2D eigenvalue weighted by Crippen LogP contribution is 1.75. The van der Waals surface area contributed by atoms with E-state index in [-0.39, 0.29) is 0 Å². The van der Waals surface area contributed by atoms with E-state index in [4.69, 9.17) is 0 Å². The lowest BCUT2D eigenvalue weighted by Crippen LogP contribution is -1.67. The topological polar surface area (TPSA) is 12.4 Å². The molecule has 0 spiro atoms. The van der Waals surface area contributed by atoms with Crippen molar-refractivity contribution >= 4 is 6.21 Å². The van der Waals surface area contributed by atoms with Crippen LogP contribution in [0.5, 0.6) is 0 Å². The Hall–Kier alpha value is -0.590. The Labute approximate surface area is 64.9 Å². The first-order chi connectivity index (χ1) is 4.91. The number of allylic oxidation sites excluding steroid dienone is 2. The normalized spacial score (nSPS) is 10.0. The second kappa shape index (κ2) is 15.8. The lowest BCUT2D eigenvalue weighted by Gasteiger charge is -1.75. The van der Waals surface area contributed by atoms with Crippen molar-refractivity contribution < 1.29 is 0 Å². The minimum atomic E-state index is 0.883. The molecule has 0 rings (SSSR count). The molecule has 0 aliphatic rings. The molecule has 0 saturated heterocycles. The molecule has 1 heteroatoms. The van der Waals surface area contributed by atoms with Gasteiger partial charge < -0.3 is 0 Å². The molecule has 0 heterocycles. The summed E-state index contributed by atoms with van der Waals surface area (Å²) < 4.78 is 0. The van der Waals surface area contributed by atoms with Gasteiger partial charge in [-0.25, -0.2) is 0 Å². The summed E-state index contributed by atoms with van der Waals surface area (Å²) in [5.41, 5.74) is 0. The van der Waals surface area contributed by atoms with Gasteiger partial charge in [0.15, 0.2) is 0 Å². The Kier molecular flexibility index (Phi) is 19.1. The van der Waals surface area contributed by atoms with E-state index in [1.165, 1.54) is 0 Å². The monoisotopic (exact) mass is 141 g/mol. The zero-order valence-electron chi connectivity index (χ0n) is 7.59. The Balaban J connectivity index is 0. The van der Waals surface area contributed by atoms with Crippen molar-refractivity contribution in [3.63, 3.8) is 0 Å². The van der Waals surface area contributed by atoms with Crippen molar-refractivity contribution in [2.24, 2.45) is 4.99 Å². The van der Waals surface area contributed by atoms with Crippen LogP contribution in [-0.4, -0.2) is 12.8 Å². The van der Waals surface area contributed by atoms with Gasteiger partial charge in [0.2, 0.25) is 0 Å². The zero-order valence-corrected chi connectivity index (χ0v) is 7.59. The van der Waals surface area contributed by atoms with Crippen LogP contribution in [0, 0.1) is 0 Å². The molecule has 0 aliphatic heterocycles. The molecule has 0 unspecified atom stereocenters. The largest absolute Gasteiger partial charge is 0.293 e. The molecule has 0 aromatic rings. The summed E-state index contributed by atoms with van der Waals surface area (Å²) in [6, 6.07) is 0. The van der Waals surface area contributed by atoms with Crippen molar-refractivity contribution in [2.45, 2.75) is 34.1 Å². The zero-order chi connectivity index (χ0) is 8.24. The highest BCUT2D eigenvalue weighted by molar-refractivity contribution is 5.70. The van der Waals surface area contributed by atoms with E-state index >= 15 is 0 Å². The third kappa shape index (κ3) is 15.7. The molecule has 0 aliphatic carbocycles. The van der Waals surface area contributed by atoms with Crippen LogP contribution in [-0.2, 0) is 0 Å². The minimum Gasteiger partial charge on any atom is -0.293 e. The van der Waals surface area contributed by atoms with E-state index in [1.807, 2.05) is 33.1 Å². The molecule has 0 radical (unpaired) electrons. The van der Waals surface area contributed by atoms with Crippen molar-refractivity contribution in [3.05, 3.63) is 12.2 Å². The van der Waals surface area contributed by atoms with Gasteiger partial charge in [-0.3, -0.25) is 4.99 Å². The number of hydrogen-bond donors (Lipinski definition) is 0. The van der Waals surface area contributed by atoms with Crippen LogP contribution in [0.4, 0.5) is 0 Å². The number of nitrogens with zero attached hydrogens (tertiary/aromatic N) is 1. The average Bonchev–Trinajstić information content (AvgIpc) is 2.02. The van der Waals surface area contributed by atoms with E-state index in [2.05, 4.69) is 18.0 Å². The van der Waals surface area contributed by atoms with Crippen molar-refractivity contribution in [1.82, 2.24) is 0 Å². The predicted octanol–water partition coefficient (Wildman–Crippen LogP) is 3.07. The quantitative estimate of drug-likeness (QED) is 0.536. The molecule has 60 valence electrons. The van der Waals surface area contributed by atoms with Crippen molar-refractivity contribution in [3.8, 4) is 0 Å². The van der Waals surface area contributed by atoms with E-state index in [0.29, 0.717) is 0 Å². The molecule has 0 aromatic carbocycles. The molecular formula is C9H19N. The van der Waals surface area contributed by atoms with Gasteiger partial charge in [-0.2, -0.15) is 0 Å². The number of hydrogen-bond acceptors (Lipinski definition) is 1. The second-order valence-corrected chi connectivity index (χ2v) is 1.48. The molecule has 0 atom stereocenters. The van der Waals surface area contributed by atoms with E-state index in [1.54, 1.807) is 0 Å². The molecule has 0 amide bonds. The number of rotatable bonds is 3. The van der Waals surface area contributed by atoms with Crippen LogP contribution in [0.2, 0.25) is 0 Å². The van der Waals surface area contributed by atoms with Crippen LogP contribution in [0.25, 0.3) is 0 Å². The van der Waals surface area contributed by atoms with Gasteiger partial charge in [-0.05, 0) is 19.4 Å². The van der Waals surface area contributed by atoms with Crippen LogP contribution >= 0.6 is 0 Å². The number of aliphatic imine (C=N–C) groups is 1. The van der Waals surface area contributed by atoms with Gasteiger partial charge in [0.1, 0.15) is 0 Å². The fraction of sp³-hybridized carbons (Fsp3) is 0.667. The summed E-state index contributed by atoms with van der Waals surface area (Å²) >= 11 is 0. The van der Waals surface area contributed by atoms with Gasteiger partial charge in [-0.15, -0.1) is 0 Å². The van der Waals surface area contributed by atoms with Gasteiger partial charge in [0, 0.05) is 12.8 Å². The van der Waals surface area contributed by atoms with Gasteiger partial charge in [0.05, 0.1) is 0 Å². The lowest BCUT2D eigenvalue weighted by atomic mass is 10.4. The Bertz CT molecular complexity index is 70.7. The second-order valence-electron chi connectivity index (χ2n) is 1.48. The minimum absolute atomic E-state index is 0.883.